The minimum atomic E-state index is -3.77. The van der Waals surface area contributed by atoms with Crippen molar-refractivity contribution in [2.75, 3.05) is 5.73 Å². The maximum Gasteiger partial charge on any atom is 0.242 e. The first kappa shape index (κ1) is 16.6. The van der Waals surface area contributed by atoms with Crippen LogP contribution < -0.4 is 10.5 Å². The van der Waals surface area contributed by atoms with Crippen LogP contribution in [-0.2, 0) is 16.6 Å². The minimum Gasteiger partial charge on any atom is -0.396 e. The second-order valence-corrected chi connectivity index (χ2v) is 7.66. The van der Waals surface area contributed by atoms with E-state index >= 15 is 0 Å². The lowest BCUT2D eigenvalue weighted by Crippen LogP contribution is -2.23. The zero-order valence-corrected chi connectivity index (χ0v) is 14.5. The lowest BCUT2D eigenvalue weighted by molar-refractivity contribution is 0.581. The lowest BCUT2D eigenvalue weighted by Gasteiger charge is -2.10. The van der Waals surface area contributed by atoms with Crippen LogP contribution in [0, 0.1) is 0 Å². The van der Waals surface area contributed by atoms with Gasteiger partial charge in [0.2, 0.25) is 10.0 Å². The van der Waals surface area contributed by atoms with Crippen LogP contribution in [0.1, 0.15) is 5.56 Å². The van der Waals surface area contributed by atoms with Gasteiger partial charge >= 0.3 is 0 Å². The number of nitrogen functional groups attached to an aromatic ring is 1. The van der Waals surface area contributed by atoms with Crippen molar-refractivity contribution in [3.63, 3.8) is 0 Å². The summed E-state index contributed by atoms with van der Waals surface area (Å²) in [6.07, 6.45) is 0. The first-order valence-electron chi connectivity index (χ1n) is 5.79. The zero-order valence-electron chi connectivity index (χ0n) is 10.6. The van der Waals surface area contributed by atoms with E-state index in [-0.39, 0.29) is 27.2 Å². The first-order valence-corrected chi connectivity index (χ1v) is 8.82. The van der Waals surface area contributed by atoms with Crippen molar-refractivity contribution in [3.8, 4) is 0 Å². The molecule has 0 bridgehead atoms. The van der Waals surface area contributed by atoms with Crippen LogP contribution in [0.2, 0.25) is 10.0 Å². The van der Waals surface area contributed by atoms with Gasteiger partial charge in [-0.2, -0.15) is 0 Å². The highest BCUT2D eigenvalue weighted by atomic mass is 79.9. The molecular formula is C13H11BrCl2N2O2S. The number of nitrogens with two attached hydrogens (primary N) is 1. The summed E-state index contributed by atoms with van der Waals surface area (Å²) in [6.45, 7) is 0.147. The van der Waals surface area contributed by atoms with Gasteiger partial charge in [-0.3, -0.25) is 0 Å². The molecule has 0 aromatic heterocycles. The van der Waals surface area contributed by atoms with Gasteiger partial charge in [0.15, 0.2) is 0 Å². The highest BCUT2D eigenvalue weighted by molar-refractivity contribution is 9.10. The minimum absolute atomic E-state index is 0.0462. The third-order valence-corrected chi connectivity index (χ3v) is 5.58. The van der Waals surface area contributed by atoms with Gasteiger partial charge in [-0.1, -0.05) is 51.3 Å². The summed E-state index contributed by atoms with van der Waals surface area (Å²) in [4.78, 5) is -0.0943. The normalized spacial score (nSPS) is 11.6. The second-order valence-electron chi connectivity index (χ2n) is 4.22. The van der Waals surface area contributed by atoms with Crippen molar-refractivity contribution in [2.24, 2.45) is 0 Å². The van der Waals surface area contributed by atoms with Gasteiger partial charge in [-0.15, -0.1) is 0 Å². The fourth-order valence-electron chi connectivity index (χ4n) is 1.62. The standard InChI is InChI=1S/C13H11BrCl2N2O2S/c14-9-3-1-8(2-4-9)7-18-21(19,20)11-6-5-10(15)13(17)12(11)16/h1-6,18H,7,17H2. The van der Waals surface area contributed by atoms with E-state index in [1.807, 2.05) is 24.3 Å². The summed E-state index contributed by atoms with van der Waals surface area (Å²) < 4.78 is 27.9. The molecule has 112 valence electrons. The molecule has 0 atom stereocenters. The van der Waals surface area contributed by atoms with Crippen LogP contribution in [0.25, 0.3) is 0 Å². The van der Waals surface area contributed by atoms with E-state index < -0.39 is 10.0 Å². The molecule has 2 aromatic carbocycles. The van der Waals surface area contributed by atoms with E-state index in [0.717, 1.165) is 10.0 Å². The molecule has 4 nitrogen and oxygen atoms in total. The van der Waals surface area contributed by atoms with Gasteiger partial charge in [0.05, 0.1) is 15.7 Å². The predicted octanol–water partition coefficient (Wildman–Crippen LogP) is 3.82. The molecule has 0 unspecified atom stereocenters. The van der Waals surface area contributed by atoms with Gasteiger partial charge in [-0.25, -0.2) is 13.1 Å². The average molecular weight is 410 g/mol. The summed E-state index contributed by atoms with van der Waals surface area (Å²) in [6, 6.07) is 10.0. The largest absolute Gasteiger partial charge is 0.396 e. The molecule has 2 aromatic rings. The molecule has 0 saturated carbocycles. The molecule has 0 spiro atoms. The highest BCUT2D eigenvalue weighted by Gasteiger charge is 2.20. The summed E-state index contributed by atoms with van der Waals surface area (Å²) in [5, 5.41) is 0.137. The van der Waals surface area contributed by atoms with E-state index in [1.165, 1.54) is 12.1 Å². The van der Waals surface area contributed by atoms with E-state index in [9.17, 15) is 8.42 Å². The molecule has 3 N–H and O–H groups in total. The quantitative estimate of drug-likeness (QED) is 0.754. The van der Waals surface area contributed by atoms with Gasteiger partial charge in [0.1, 0.15) is 4.90 Å². The van der Waals surface area contributed by atoms with Crippen LogP contribution >= 0.6 is 39.1 Å². The molecule has 0 aliphatic heterocycles. The van der Waals surface area contributed by atoms with E-state index in [2.05, 4.69) is 20.7 Å². The van der Waals surface area contributed by atoms with E-state index in [1.54, 1.807) is 0 Å². The molecule has 0 aliphatic rings. The molecule has 0 aliphatic carbocycles. The Kier molecular flexibility index (Phi) is 5.16. The van der Waals surface area contributed by atoms with Gasteiger partial charge in [0, 0.05) is 11.0 Å². The Hall–Kier alpha value is -0.790. The van der Waals surface area contributed by atoms with E-state index in [0.29, 0.717) is 0 Å². The number of nitrogens with one attached hydrogen (secondary N) is 1. The summed E-state index contributed by atoms with van der Waals surface area (Å²) in [5.74, 6) is 0. The van der Waals surface area contributed by atoms with Crippen molar-refractivity contribution >= 4 is 54.8 Å². The number of halogens is 3. The number of rotatable bonds is 4. The van der Waals surface area contributed by atoms with Crippen molar-refractivity contribution < 1.29 is 8.42 Å². The Balaban J connectivity index is 2.23. The third-order valence-electron chi connectivity index (χ3n) is 2.76. The van der Waals surface area contributed by atoms with Gasteiger partial charge < -0.3 is 5.73 Å². The summed E-state index contributed by atoms with van der Waals surface area (Å²) >= 11 is 15.1. The van der Waals surface area contributed by atoms with Gasteiger partial charge in [0.25, 0.3) is 0 Å². The van der Waals surface area contributed by atoms with Crippen molar-refractivity contribution in [1.29, 1.82) is 0 Å². The number of anilines is 1. The average Bonchev–Trinajstić information content (AvgIpc) is 2.44. The number of hydrogen-bond acceptors (Lipinski definition) is 3. The Morgan fingerprint density at radius 1 is 1.10 bits per heavy atom. The van der Waals surface area contributed by atoms with Crippen LogP contribution in [0.5, 0.6) is 0 Å². The Labute approximate surface area is 141 Å². The Bertz CT molecular complexity index is 764. The predicted molar refractivity (Wildman–Crippen MR) is 89.0 cm³/mol. The van der Waals surface area contributed by atoms with Crippen LogP contribution in [0.15, 0.2) is 45.8 Å². The molecule has 0 amide bonds. The molecule has 0 radical (unpaired) electrons. The first-order chi connectivity index (χ1) is 9.81. The smallest absolute Gasteiger partial charge is 0.242 e. The molecule has 2 rings (SSSR count). The second kappa shape index (κ2) is 6.54. The monoisotopic (exact) mass is 408 g/mol. The number of benzene rings is 2. The van der Waals surface area contributed by atoms with Crippen molar-refractivity contribution in [3.05, 3.63) is 56.5 Å². The van der Waals surface area contributed by atoms with E-state index in [4.69, 9.17) is 28.9 Å². The molecule has 0 fully saturated rings. The SMILES string of the molecule is Nc1c(Cl)ccc(S(=O)(=O)NCc2ccc(Br)cc2)c1Cl. The highest BCUT2D eigenvalue weighted by Crippen LogP contribution is 2.33. The Morgan fingerprint density at radius 2 is 1.71 bits per heavy atom. The molecule has 21 heavy (non-hydrogen) atoms. The third kappa shape index (κ3) is 3.90. The molecule has 0 saturated heterocycles. The van der Waals surface area contributed by atoms with Crippen LogP contribution in [-0.4, -0.2) is 8.42 Å². The zero-order chi connectivity index (χ0) is 15.6. The fraction of sp³-hybridized carbons (Fsp3) is 0.0769. The number of hydrogen-bond donors (Lipinski definition) is 2. The Morgan fingerprint density at radius 3 is 2.33 bits per heavy atom. The topological polar surface area (TPSA) is 72.2 Å². The summed E-state index contributed by atoms with van der Waals surface area (Å²) in [5.41, 5.74) is 6.51. The molecule has 0 heterocycles. The molecule has 8 heteroatoms. The molecular weight excluding hydrogens is 399 g/mol. The van der Waals surface area contributed by atoms with Crippen LogP contribution in [0.3, 0.4) is 0 Å². The van der Waals surface area contributed by atoms with Crippen molar-refractivity contribution in [1.82, 2.24) is 4.72 Å². The van der Waals surface area contributed by atoms with Gasteiger partial charge in [-0.05, 0) is 29.8 Å². The van der Waals surface area contributed by atoms with Crippen LogP contribution in [0.4, 0.5) is 5.69 Å². The fourth-order valence-corrected chi connectivity index (χ4v) is 3.66. The maximum absolute atomic E-state index is 12.3. The summed E-state index contributed by atoms with van der Waals surface area (Å²) in [7, 11) is -3.77. The van der Waals surface area contributed by atoms with Crippen molar-refractivity contribution in [2.45, 2.75) is 11.4 Å². The maximum atomic E-state index is 12.3. The number of sulfonamides is 1. The lowest BCUT2D eigenvalue weighted by atomic mass is 10.2.